The van der Waals surface area contributed by atoms with E-state index in [0.717, 1.165) is 0 Å². The fourth-order valence-corrected chi connectivity index (χ4v) is 4.13. The number of hydrogen-bond donors (Lipinski definition) is 1. The first kappa shape index (κ1) is 24.4. The van der Waals surface area contributed by atoms with E-state index < -0.39 is 17.3 Å². The van der Waals surface area contributed by atoms with Gasteiger partial charge in [0.05, 0.1) is 28.8 Å². The zero-order valence-electron chi connectivity index (χ0n) is 19.9. The van der Waals surface area contributed by atoms with Gasteiger partial charge < -0.3 is 15.0 Å². The molecule has 9 heteroatoms. The normalized spacial score (nSPS) is 14.6. The van der Waals surface area contributed by atoms with Crippen molar-refractivity contribution in [1.29, 1.82) is 0 Å². The number of ether oxygens (including phenoxy) is 1. The first-order chi connectivity index (χ1) is 16.6. The van der Waals surface area contributed by atoms with E-state index in [-0.39, 0.29) is 23.5 Å². The number of benzene rings is 2. The predicted octanol–water partition coefficient (Wildman–Crippen LogP) is 5.52. The van der Waals surface area contributed by atoms with Crippen LogP contribution in [0, 0.1) is 11.6 Å². The molecule has 1 saturated heterocycles. The molecular weight excluding hydrogens is 454 g/mol. The van der Waals surface area contributed by atoms with Gasteiger partial charge in [0, 0.05) is 19.0 Å². The minimum atomic E-state index is -0.590. The second-order valence-corrected chi connectivity index (χ2v) is 9.51. The van der Waals surface area contributed by atoms with Gasteiger partial charge in [0.2, 0.25) is 0 Å². The first-order valence-electron chi connectivity index (χ1n) is 11.5. The lowest BCUT2D eigenvalue weighted by Gasteiger charge is -2.34. The molecule has 35 heavy (non-hydrogen) atoms. The van der Waals surface area contributed by atoms with Crippen LogP contribution < -0.4 is 5.32 Å². The highest BCUT2D eigenvalue weighted by molar-refractivity contribution is 6.05. The van der Waals surface area contributed by atoms with Crippen molar-refractivity contribution in [2.75, 3.05) is 18.4 Å². The highest BCUT2D eigenvalue weighted by Gasteiger charge is 2.32. The lowest BCUT2D eigenvalue weighted by atomic mass is 9.90. The highest BCUT2D eigenvalue weighted by atomic mass is 19.1. The van der Waals surface area contributed by atoms with Crippen molar-refractivity contribution >= 4 is 17.7 Å². The Labute approximate surface area is 202 Å². The maximum absolute atomic E-state index is 14.1. The maximum atomic E-state index is 14.1. The van der Waals surface area contributed by atoms with Gasteiger partial charge in [-0.25, -0.2) is 18.3 Å². The number of amides is 2. The van der Waals surface area contributed by atoms with Gasteiger partial charge in [-0.2, -0.15) is 5.10 Å². The minimum absolute atomic E-state index is 0.0673. The molecule has 0 saturated carbocycles. The Hall–Kier alpha value is -3.75. The van der Waals surface area contributed by atoms with E-state index in [9.17, 15) is 18.4 Å². The van der Waals surface area contributed by atoms with E-state index in [1.807, 2.05) is 20.8 Å². The average molecular weight is 483 g/mol. The molecule has 7 nitrogen and oxygen atoms in total. The molecule has 4 rings (SSSR count). The number of piperidine rings is 1. The molecule has 0 unspecified atom stereocenters. The first-order valence-corrected chi connectivity index (χ1v) is 11.5. The smallest absolute Gasteiger partial charge is 0.410 e. The summed E-state index contributed by atoms with van der Waals surface area (Å²) in [5.41, 5.74) is 1.01. The van der Waals surface area contributed by atoms with Crippen molar-refractivity contribution in [3.63, 3.8) is 0 Å². The van der Waals surface area contributed by atoms with Crippen LogP contribution in [0.5, 0.6) is 0 Å². The molecule has 0 atom stereocenters. The molecule has 2 aromatic carbocycles. The van der Waals surface area contributed by atoms with Gasteiger partial charge in [0.1, 0.15) is 17.2 Å². The van der Waals surface area contributed by atoms with Gasteiger partial charge in [-0.3, -0.25) is 4.79 Å². The van der Waals surface area contributed by atoms with E-state index >= 15 is 0 Å². The molecule has 1 fully saturated rings. The Morgan fingerprint density at radius 1 is 1.03 bits per heavy atom. The number of rotatable bonds is 4. The standard InChI is InChI=1S/C26H28F2N4O3/c1-26(2,3)35-25(34)31-14-12-17(13-15-31)23-20(24(33)30-22-7-5-4-6-21(22)28)16-29-32(23)19-10-8-18(27)9-11-19/h4-11,16-17H,12-15H2,1-3H3,(H,30,33). The van der Waals surface area contributed by atoms with E-state index in [1.54, 1.807) is 33.8 Å². The summed E-state index contributed by atoms with van der Waals surface area (Å²) in [5.74, 6) is -1.53. The summed E-state index contributed by atoms with van der Waals surface area (Å²) < 4.78 is 34.8. The Kier molecular flexibility index (Phi) is 6.86. The van der Waals surface area contributed by atoms with Gasteiger partial charge >= 0.3 is 6.09 Å². The molecule has 1 aliphatic rings. The molecule has 0 radical (unpaired) electrons. The Bertz CT molecular complexity index is 1210. The molecule has 0 spiro atoms. The summed E-state index contributed by atoms with van der Waals surface area (Å²) in [6, 6.07) is 11.7. The number of likely N-dealkylation sites (tertiary alicyclic amines) is 1. The van der Waals surface area contributed by atoms with Crippen LogP contribution in [-0.2, 0) is 4.74 Å². The molecule has 184 valence electrons. The number of carbonyl (C=O) groups is 2. The molecular formula is C26H28F2N4O3. The van der Waals surface area contributed by atoms with E-state index in [1.165, 1.54) is 30.5 Å². The van der Waals surface area contributed by atoms with Crippen molar-refractivity contribution < 1.29 is 23.1 Å². The van der Waals surface area contributed by atoms with Crippen molar-refractivity contribution in [3.8, 4) is 5.69 Å². The maximum Gasteiger partial charge on any atom is 0.410 e. The largest absolute Gasteiger partial charge is 0.444 e. The van der Waals surface area contributed by atoms with E-state index in [2.05, 4.69) is 10.4 Å². The number of halogens is 2. The molecule has 1 aromatic heterocycles. The van der Waals surface area contributed by atoms with Crippen molar-refractivity contribution in [2.24, 2.45) is 0 Å². The second kappa shape index (κ2) is 9.85. The van der Waals surface area contributed by atoms with Crippen LogP contribution in [0.15, 0.2) is 54.7 Å². The number of hydrogen-bond acceptors (Lipinski definition) is 4. The van der Waals surface area contributed by atoms with Crippen LogP contribution in [0.4, 0.5) is 19.3 Å². The van der Waals surface area contributed by atoms with Crippen molar-refractivity contribution in [3.05, 3.63) is 77.6 Å². The summed E-state index contributed by atoms with van der Waals surface area (Å²) in [7, 11) is 0. The number of anilines is 1. The molecule has 1 N–H and O–H groups in total. The van der Waals surface area contributed by atoms with Crippen LogP contribution in [-0.4, -0.2) is 45.4 Å². The van der Waals surface area contributed by atoms with Gasteiger partial charge in [-0.1, -0.05) is 12.1 Å². The summed E-state index contributed by atoms with van der Waals surface area (Å²) >= 11 is 0. The van der Waals surface area contributed by atoms with Crippen LogP contribution in [0.3, 0.4) is 0 Å². The summed E-state index contributed by atoms with van der Waals surface area (Å²) in [6.45, 7) is 6.35. The average Bonchev–Trinajstić information content (AvgIpc) is 3.25. The van der Waals surface area contributed by atoms with Crippen molar-refractivity contribution in [2.45, 2.75) is 45.1 Å². The third-order valence-electron chi connectivity index (χ3n) is 5.78. The fraction of sp³-hybridized carbons (Fsp3) is 0.346. The number of para-hydroxylation sites is 1. The Morgan fingerprint density at radius 2 is 1.69 bits per heavy atom. The van der Waals surface area contributed by atoms with Gasteiger partial charge in [0.25, 0.3) is 5.91 Å². The van der Waals surface area contributed by atoms with Crippen molar-refractivity contribution in [1.82, 2.24) is 14.7 Å². The minimum Gasteiger partial charge on any atom is -0.444 e. The van der Waals surface area contributed by atoms with Gasteiger partial charge in [-0.15, -0.1) is 0 Å². The second-order valence-electron chi connectivity index (χ2n) is 9.51. The van der Waals surface area contributed by atoms with E-state index in [4.69, 9.17) is 4.74 Å². The van der Waals surface area contributed by atoms with Crippen LogP contribution in [0.2, 0.25) is 0 Å². The molecule has 0 bridgehead atoms. The quantitative estimate of drug-likeness (QED) is 0.532. The highest BCUT2D eigenvalue weighted by Crippen LogP contribution is 2.33. The fourth-order valence-electron chi connectivity index (χ4n) is 4.13. The topological polar surface area (TPSA) is 76.5 Å². The number of carbonyl (C=O) groups excluding carboxylic acids is 2. The lowest BCUT2D eigenvalue weighted by molar-refractivity contribution is 0.0203. The van der Waals surface area contributed by atoms with Crippen LogP contribution in [0.25, 0.3) is 5.69 Å². The summed E-state index contributed by atoms with van der Waals surface area (Å²) in [5, 5.41) is 7.03. The molecule has 0 aliphatic carbocycles. The number of nitrogens with one attached hydrogen (secondary N) is 1. The SMILES string of the molecule is CC(C)(C)OC(=O)N1CCC(c2c(C(=O)Nc3ccccc3F)cnn2-c2ccc(F)cc2)CC1. The molecule has 2 amide bonds. The number of nitrogens with zero attached hydrogens (tertiary/aromatic N) is 3. The van der Waals surface area contributed by atoms with Gasteiger partial charge in [0.15, 0.2) is 0 Å². The Balaban J connectivity index is 1.62. The molecule has 3 aromatic rings. The molecule has 1 aliphatic heterocycles. The molecule has 2 heterocycles. The lowest BCUT2D eigenvalue weighted by Crippen LogP contribution is -2.41. The van der Waals surface area contributed by atoms with Crippen LogP contribution in [0.1, 0.15) is 55.6 Å². The third-order valence-corrected chi connectivity index (χ3v) is 5.78. The predicted molar refractivity (Wildman–Crippen MR) is 128 cm³/mol. The Morgan fingerprint density at radius 3 is 2.31 bits per heavy atom. The number of aromatic nitrogens is 2. The summed E-state index contributed by atoms with van der Waals surface area (Å²) in [4.78, 5) is 27.3. The van der Waals surface area contributed by atoms with Crippen LogP contribution >= 0.6 is 0 Å². The third kappa shape index (κ3) is 5.67. The monoisotopic (exact) mass is 482 g/mol. The zero-order chi connectivity index (χ0) is 25.2. The van der Waals surface area contributed by atoms with Gasteiger partial charge in [-0.05, 0) is 70.0 Å². The summed E-state index contributed by atoms with van der Waals surface area (Å²) in [6.07, 6.45) is 2.22. The van der Waals surface area contributed by atoms with E-state index in [0.29, 0.717) is 42.9 Å². The zero-order valence-corrected chi connectivity index (χ0v) is 19.9.